The van der Waals surface area contributed by atoms with Crippen molar-refractivity contribution in [2.75, 3.05) is 12.4 Å². The Balaban J connectivity index is 2.00. The summed E-state index contributed by atoms with van der Waals surface area (Å²) in [5, 5.41) is 12.8. The van der Waals surface area contributed by atoms with Crippen LogP contribution in [0.15, 0.2) is 0 Å². The van der Waals surface area contributed by atoms with Gasteiger partial charge in [-0.3, -0.25) is 4.79 Å². The molecule has 1 unspecified atom stereocenters. The van der Waals surface area contributed by atoms with E-state index in [0.717, 1.165) is 44.3 Å². The van der Waals surface area contributed by atoms with Gasteiger partial charge in [0, 0.05) is 0 Å². The van der Waals surface area contributed by atoms with Gasteiger partial charge in [-0.2, -0.15) is 0 Å². The van der Waals surface area contributed by atoms with Gasteiger partial charge in [0.2, 0.25) is 5.91 Å². The smallest absolute Gasteiger partial charge is 0.236 e. The van der Waals surface area contributed by atoms with Gasteiger partial charge in [-0.25, -0.2) is 0 Å². The Labute approximate surface area is 108 Å². The van der Waals surface area contributed by atoms with Crippen LogP contribution in [0.2, 0.25) is 0 Å². The summed E-state index contributed by atoms with van der Waals surface area (Å²) in [6.45, 7) is 2.12. The number of hydrogen-bond acceptors (Lipinski definition) is 3. The number of aliphatic hydroxyl groups is 1. The van der Waals surface area contributed by atoms with E-state index >= 15 is 0 Å². The fraction of sp³-hybridized carbons (Fsp3) is 0.923. The Kier molecular flexibility index (Phi) is 4.03. The molecule has 3 nitrogen and oxygen atoms in total. The van der Waals surface area contributed by atoms with Gasteiger partial charge in [-0.15, -0.1) is 11.8 Å². The molecule has 1 atom stereocenters. The van der Waals surface area contributed by atoms with Gasteiger partial charge in [0.15, 0.2) is 0 Å². The molecule has 0 bridgehead atoms. The number of aliphatic hydroxyl groups excluding tert-OH is 1. The molecule has 0 spiro atoms. The highest BCUT2D eigenvalue weighted by molar-refractivity contribution is 8.01. The van der Waals surface area contributed by atoms with Crippen molar-refractivity contribution in [2.45, 2.75) is 62.2 Å². The van der Waals surface area contributed by atoms with Crippen LogP contribution in [-0.4, -0.2) is 33.7 Å². The third-order valence-electron chi connectivity index (χ3n) is 4.19. The van der Waals surface area contributed by atoms with Gasteiger partial charge >= 0.3 is 0 Å². The topological polar surface area (TPSA) is 49.3 Å². The van der Waals surface area contributed by atoms with Crippen LogP contribution >= 0.6 is 11.8 Å². The molecule has 2 fully saturated rings. The Hall–Kier alpha value is -0.220. The lowest BCUT2D eigenvalue weighted by molar-refractivity contribution is -0.126. The minimum absolute atomic E-state index is 0.0828. The SMILES string of the molecule is CC1(C(=O)NC2(CO)CCCCC2)CCCS1. The first-order valence-corrected chi connectivity index (χ1v) is 7.66. The Morgan fingerprint density at radius 2 is 1.94 bits per heavy atom. The molecular formula is C13H23NO2S. The summed E-state index contributed by atoms with van der Waals surface area (Å²) < 4.78 is -0.264. The molecule has 0 radical (unpaired) electrons. The molecule has 1 aliphatic carbocycles. The van der Waals surface area contributed by atoms with Crippen LogP contribution in [0.4, 0.5) is 0 Å². The Morgan fingerprint density at radius 3 is 2.47 bits per heavy atom. The second-order valence-electron chi connectivity index (χ2n) is 5.64. The number of rotatable bonds is 3. The fourth-order valence-corrected chi connectivity index (χ4v) is 4.09. The molecule has 2 N–H and O–H groups in total. The van der Waals surface area contributed by atoms with E-state index in [1.165, 1.54) is 6.42 Å². The molecule has 1 aliphatic heterocycles. The van der Waals surface area contributed by atoms with Gasteiger partial charge in [0.25, 0.3) is 0 Å². The zero-order valence-electron chi connectivity index (χ0n) is 10.6. The number of carbonyl (C=O) groups is 1. The van der Waals surface area contributed by atoms with Crippen molar-refractivity contribution in [1.29, 1.82) is 0 Å². The summed E-state index contributed by atoms with van der Waals surface area (Å²) in [6, 6.07) is 0. The van der Waals surface area contributed by atoms with Crippen molar-refractivity contribution in [3.05, 3.63) is 0 Å². The molecule has 2 rings (SSSR count). The largest absolute Gasteiger partial charge is 0.394 e. The Morgan fingerprint density at radius 1 is 1.24 bits per heavy atom. The highest BCUT2D eigenvalue weighted by Crippen LogP contribution is 2.39. The molecule has 1 amide bonds. The lowest BCUT2D eigenvalue weighted by atomic mass is 9.82. The van der Waals surface area contributed by atoms with Gasteiger partial charge in [0.05, 0.1) is 16.9 Å². The predicted octanol–water partition coefficient (Wildman–Crippen LogP) is 2.08. The Bertz CT molecular complexity index is 281. The van der Waals surface area contributed by atoms with E-state index in [4.69, 9.17) is 0 Å². The third-order valence-corrected chi connectivity index (χ3v) is 5.71. The molecule has 17 heavy (non-hydrogen) atoms. The third kappa shape index (κ3) is 2.79. The monoisotopic (exact) mass is 257 g/mol. The summed E-state index contributed by atoms with van der Waals surface area (Å²) in [4.78, 5) is 12.4. The minimum Gasteiger partial charge on any atom is -0.394 e. The quantitative estimate of drug-likeness (QED) is 0.814. The van der Waals surface area contributed by atoms with Gasteiger partial charge in [-0.1, -0.05) is 19.3 Å². The van der Waals surface area contributed by atoms with Crippen LogP contribution in [0.5, 0.6) is 0 Å². The summed E-state index contributed by atoms with van der Waals surface area (Å²) in [5.74, 6) is 1.21. The van der Waals surface area contributed by atoms with Crippen molar-refractivity contribution in [1.82, 2.24) is 5.32 Å². The van der Waals surface area contributed by atoms with E-state index in [-0.39, 0.29) is 22.8 Å². The van der Waals surface area contributed by atoms with Crippen molar-refractivity contribution in [3.8, 4) is 0 Å². The van der Waals surface area contributed by atoms with Crippen molar-refractivity contribution < 1.29 is 9.90 Å². The second kappa shape index (κ2) is 5.19. The molecule has 1 saturated carbocycles. The van der Waals surface area contributed by atoms with Crippen molar-refractivity contribution in [2.24, 2.45) is 0 Å². The highest BCUT2D eigenvalue weighted by atomic mass is 32.2. The predicted molar refractivity (Wildman–Crippen MR) is 71.1 cm³/mol. The summed E-state index contributed by atoms with van der Waals surface area (Å²) in [6.07, 6.45) is 7.40. The fourth-order valence-electron chi connectivity index (χ4n) is 2.88. The van der Waals surface area contributed by atoms with Crippen LogP contribution in [0, 0.1) is 0 Å². The first-order chi connectivity index (χ1) is 8.10. The van der Waals surface area contributed by atoms with Crippen LogP contribution in [-0.2, 0) is 4.79 Å². The van der Waals surface area contributed by atoms with E-state index < -0.39 is 0 Å². The molecule has 1 heterocycles. The zero-order chi connectivity index (χ0) is 12.4. The normalized spacial score (nSPS) is 32.4. The lowest BCUT2D eigenvalue weighted by Gasteiger charge is -2.38. The second-order valence-corrected chi connectivity index (χ2v) is 7.23. The molecule has 0 aromatic heterocycles. The van der Waals surface area contributed by atoms with E-state index in [9.17, 15) is 9.90 Å². The van der Waals surface area contributed by atoms with Crippen LogP contribution < -0.4 is 5.32 Å². The molecule has 4 heteroatoms. The molecule has 0 aromatic rings. The van der Waals surface area contributed by atoms with E-state index in [2.05, 4.69) is 5.32 Å². The standard InChI is InChI=1S/C13H23NO2S/c1-12(6-5-9-17-12)11(16)14-13(10-15)7-3-2-4-8-13/h15H,2-10H2,1H3,(H,14,16). The number of carbonyl (C=O) groups excluding carboxylic acids is 1. The summed E-state index contributed by atoms with van der Waals surface area (Å²) in [5.41, 5.74) is -0.332. The van der Waals surface area contributed by atoms with Gasteiger partial charge in [-0.05, 0) is 38.4 Å². The van der Waals surface area contributed by atoms with Gasteiger partial charge in [0.1, 0.15) is 0 Å². The average Bonchev–Trinajstić information content (AvgIpc) is 2.79. The molecule has 98 valence electrons. The molecular weight excluding hydrogens is 234 g/mol. The molecule has 1 saturated heterocycles. The number of nitrogens with one attached hydrogen (secondary N) is 1. The molecule has 0 aromatic carbocycles. The number of amides is 1. The van der Waals surface area contributed by atoms with E-state index in [0.29, 0.717) is 0 Å². The first kappa shape index (κ1) is 13.2. The van der Waals surface area contributed by atoms with Crippen LogP contribution in [0.25, 0.3) is 0 Å². The highest BCUT2D eigenvalue weighted by Gasteiger charge is 2.42. The summed E-state index contributed by atoms with van der Waals surface area (Å²) >= 11 is 1.76. The maximum absolute atomic E-state index is 12.4. The van der Waals surface area contributed by atoms with Crippen LogP contribution in [0.1, 0.15) is 51.9 Å². The maximum Gasteiger partial charge on any atom is 0.236 e. The zero-order valence-corrected chi connectivity index (χ0v) is 11.4. The van der Waals surface area contributed by atoms with E-state index in [1.807, 2.05) is 6.92 Å². The van der Waals surface area contributed by atoms with Crippen molar-refractivity contribution >= 4 is 17.7 Å². The summed E-state index contributed by atoms with van der Waals surface area (Å²) in [7, 11) is 0. The minimum atomic E-state index is -0.332. The number of hydrogen-bond donors (Lipinski definition) is 2. The first-order valence-electron chi connectivity index (χ1n) is 6.68. The van der Waals surface area contributed by atoms with Gasteiger partial charge < -0.3 is 10.4 Å². The molecule has 2 aliphatic rings. The van der Waals surface area contributed by atoms with Crippen LogP contribution in [0.3, 0.4) is 0 Å². The average molecular weight is 257 g/mol. The number of thioether (sulfide) groups is 1. The van der Waals surface area contributed by atoms with E-state index in [1.54, 1.807) is 11.8 Å². The maximum atomic E-state index is 12.4. The lowest BCUT2D eigenvalue weighted by Crippen LogP contribution is -2.56. The van der Waals surface area contributed by atoms with Crippen molar-refractivity contribution in [3.63, 3.8) is 0 Å².